The number of hydrogen-bond acceptors (Lipinski definition) is 4. The summed E-state index contributed by atoms with van der Waals surface area (Å²) in [5, 5.41) is 0.00207. The van der Waals surface area contributed by atoms with Crippen LogP contribution in [0.25, 0.3) is 0 Å². The molecule has 0 atom stereocenters. The van der Waals surface area contributed by atoms with Gasteiger partial charge in [0.25, 0.3) is 0 Å². The highest BCUT2D eigenvalue weighted by molar-refractivity contribution is 7.89. The standard InChI is InChI=1S/C15H10ClF4NO4S/c16-9-2-1-3-10(17)8(9)7-25-13(22)6-21-26(23,24)12-5-4-11(18)14(19)15(12)20/h1-5,21H,6-7H2. The Labute approximate surface area is 150 Å². The van der Waals surface area contributed by atoms with E-state index >= 15 is 0 Å². The Kier molecular flexibility index (Phi) is 6.21. The second-order valence-corrected chi connectivity index (χ2v) is 7.00. The molecular weight excluding hydrogens is 402 g/mol. The van der Waals surface area contributed by atoms with Crippen LogP contribution in [0.3, 0.4) is 0 Å². The molecule has 0 heterocycles. The van der Waals surface area contributed by atoms with Gasteiger partial charge in [0.05, 0.1) is 5.02 Å². The molecule has 2 rings (SSSR count). The van der Waals surface area contributed by atoms with Gasteiger partial charge in [-0.2, -0.15) is 4.72 Å². The Bertz CT molecular complexity index is 933. The lowest BCUT2D eigenvalue weighted by Gasteiger charge is -2.10. The Morgan fingerprint density at radius 1 is 1.04 bits per heavy atom. The number of ether oxygens (including phenoxy) is 1. The van der Waals surface area contributed by atoms with Gasteiger partial charge < -0.3 is 4.74 Å². The molecule has 0 unspecified atom stereocenters. The number of sulfonamides is 1. The van der Waals surface area contributed by atoms with Crippen molar-refractivity contribution >= 4 is 27.6 Å². The zero-order valence-corrected chi connectivity index (χ0v) is 14.3. The fourth-order valence-electron chi connectivity index (χ4n) is 1.82. The van der Waals surface area contributed by atoms with E-state index in [-0.39, 0.29) is 10.6 Å². The third-order valence-corrected chi connectivity index (χ3v) is 4.91. The maximum atomic E-state index is 13.5. The van der Waals surface area contributed by atoms with Crippen molar-refractivity contribution < 1.29 is 35.5 Å². The fourth-order valence-corrected chi connectivity index (χ4v) is 3.08. The lowest BCUT2D eigenvalue weighted by molar-refractivity contribution is -0.143. The van der Waals surface area contributed by atoms with Gasteiger partial charge in [-0.15, -0.1) is 0 Å². The number of carbonyl (C=O) groups excluding carboxylic acids is 1. The van der Waals surface area contributed by atoms with Crippen LogP contribution < -0.4 is 4.72 Å². The molecule has 0 saturated carbocycles. The predicted octanol–water partition coefficient (Wildman–Crippen LogP) is 2.92. The third kappa shape index (κ3) is 4.51. The molecule has 0 aliphatic carbocycles. The summed E-state index contributed by atoms with van der Waals surface area (Å²) in [5.74, 6) is -7.32. The first kappa shape index (κ1) is 20.1. The van der Waals surface area contributed by atoms with Crippen LogP contribution in [0.15, 0.2) is 35.2 Å². The maximum absolute atomic E-state index is 13.5. The first-order chi connectivity index (χ1) is 12.1. The number of esters is 1. The monoisotopic (exact) mass is 411 g/mol. The number of nitrogens with one attached hydrogen (secondary N) is 1. The van der Waals surface area contributed by atoms with E-state index in [2.05, 4.69) is 4.74 Å². The van der Waals surface area contributed by atoms with Crippen molar-refractivity contribution in [2.24, 2.45) is 0 Å². The van der Waals surface area contributed by atoms with Gasteiger partial charge >= 0.3 is 5.97 Å². The number of benzene rings is 2. The molecule has 0 aliphatic heterocycles. The topological polar surface area (TPSA) is 72.5 Å². The molecule has 0 spiro atoms. The van der Waals surface area contributed by atoms with Crippen LogP contribution in [0, 0.1) is 23.3 Å². The van der Waals surface area contributed by atoms with E-state index < -0.39 is 57.3 Å². The summed E-state index contributed by atoms with van der Waals surface area (Å²) in [5.41, 5.74) is -0.114. The molecule has 0 radical (unpaired) electrons. The number of carbonyl (C=O) groups is 1. The molecule has 2 aromatic carbocycles. The van der Waals surface area contributed by atoms with Crippen molar-refractivity contribution in [3.05, 3.63) is 64.2 Å². The summed E-state index contributed by atoms with van der Waals surface area (Å²) in [6.07, 6.45) is 0. The largest absolute Gasteiger partial charge is 0.460 e. The quantitative estimate of drug-likeness (QED) is 0.451. The van der Waals surface area contributed by atoms with Gasteiger partial charge in [0.2, 0.25) is 10.0 Å². The summed E-state index contributed by atoms with van der Waals surface area (Å²) in [4.78, 5) is 10.4. The van der Waals surface area contributed by atoms with Gasteiger partial charge in [-0.05, 0) is 24.3 Å². The van der Waals surface area contributed by atoms with Crippen molar-refractivity contribution in [3.8, 4) is 0 Å². The average molecular weight is 412 g/mol. The molecule has 0 aromatic heterocycles. The van der Waals surface area contributed by atoms with Crippen molar-refractivity contribution in [1.29, 1.82) is 0 Å². The second kappa shape index (κ2) is 8.02. The SMILES string of the molecule is O=C(CNS(=O)(=O)c1ccc(F)c(F)c1F)OCc1c(F)cccc1Cl. The number of rotatable bonds is 6. The molecular formula is C15H10ClF4NO4S. The van der Waals surface area contributed by atoms with Crippen LogP contribution in [0.5, 0.6) is 0 Å². The summed E-state index contributed by atoms with van der Waals surface area (Å²) in [6.45, 7) is -1.52. The predicted molar refractivity (Wildman–Crippen MR) is 82.7 cm³/mol. The summed E-state index contributed by atoms with van der Waals surface area (Å²) < 4.78 is 83.1. The lowest BCUT2D eigenvalue weighted by atomic mass is 10.2. The highest BCUT2D eigenvalue weighted by atomic mass is 35.5. The molecule has 0 saturated heterocycles. The molecule has 140 valence electrons. The summed E-state index contributed by atoms with van der Waals surface area (Å²) in [7, 11) is -4.66. The minimum atomic E-state index is -4.66. The first-order valence-corrected chi connectivity index (χ1v) is 8.71. The van der Waals surface area contributed by atoms with Gasteiger partial charge in [-0.25, -0.2) is 26.0 Å². The van der Waals surface area contributed by atoms with Crippen LogP contribution in [0.2, 0.25) is 5.02 Å². The van der Waals surface area contributed by atoms with Crippen LogP contribution in [-0.4, -0.2) is 20.9 Å². The van der Waals surface area contributed by atoms with E-state index in [1.807, 2.05) is 0 Å². The lowest BCUT2D eigenvalue weighted by Crippen LogP contribution is -2.31. The van der Waals surface area contributed by atoms with E-state index in [9.17, 15) is 30.8 Å². The fraction of sp³-hybridized carbons (Fsp3) is 0.133. The minimum Gasteiger partial charge on any atom is -0.460 e. The normalized spacial score (nSPS) is 11.4. The second-order valence-electron chi connectivity index (χ2n) is 4.86. The van der Waals surface area contributed by atoms with Crippen molar-refractivity contribution in [1.82, 2.24) is 4.72 Å². The number of halogens is 5. The third-order valence-electron chi connectivity index (χ3n) is 3.13. The molecule has 5 nitrogen and oxygen atoms in total. The average Bonchev–Trinajstić information content (AvgIpc) is 2.57. The minimum absolute atomic E-state index is 0.00207. The smallest absolute Gasteiger partial charge is 0.321 e. The van der Waals surface area contributed by atoms with Crippen molar-refractivity contribution in [2.45, 2.75) is 11.5 Å². The van der Waals surface area contributed by atoms with Gasteiger partial charge in [-0.1, -0.05) is 17.7 Å². The number of hydrogen-bond donors (Lipinski definition) is 1. The molecule has 11 heteroatoms. The maximum Gasteiger partial charge on any atom is 0.321 e. The Hall–Kier alpha value is -2.17. The first-order valence-electron chi connectivity index (χ1n) is 6.85. The Morgan fingerprint density at radius 2 is 1.73 bits per heavy atom. The van der Waals surface area contributed by atoms with Gasteiger partial charge in [0.15, 0.2) is 17.5 Å². The highest BCUT2D eigenvalue weighted by Gasteiger charge is 2.24. The highest BCUT2D eigenvalue weighted by Crippen LogP contribution is 2.20. The Morgan fingerprint density at radius 3 is 2.38 bits per heavy atom. The van der Waals surface area contributed by atoms with E-state index in [0.29, 0.717) is 12.1 Å². The van der Waals surface area contributed by atoms with E-state index in [1.54, 1.807) is 4.72 Å². The van der Waals surface area contributed by atoms with Crippen molar-refractivity contribution in [2.75, 3.05) is 6.54 Å². The molecule has 0 bridgehead atoms. The molecule has 1 N–H and O–H groups in total. The molecule has 2 aromatic rings. The van der Waals surface area contributed by atoms with E-state index in [4.69, 9.17) is 11.6 Å². The van der Waals surface area contributed by atoms with Crippen LogP contribution in [-0.2, 0) is 26.2 Å². The molecule has 26 heavy (non-hydrogen) atoms. The van der Waals surface area contributed by atoms with Gasteiger partial charge in [0.1, 0.15) is 23.9 Å². The molecule has 0 amide bonds. The van der Waals surface area contributed by atoms with Crippen LogP contribution >= 0.6 is 11.6 Å². The van der Waals surface area contributed by atoms with E-state index in [0.717, 1.165) is 6.07 Å². The summed E-state index contributed by atoms with van der Waals surface area (Å²) in [6, 6.07) is 4.71. The molecule has 0 aliphatic rings. The zero-order valence-electron chi connectivity index (χ0n) is 12.7. The van der Waals surface area contributed by atoms with Crippen LogP contribution in [0.1, 0.15) is 5.56 Å². The molecule has 0 fully saturated rings. The van der Waals surface area contributed by atoms with Gasteiger partial charge in [-0.3, -0.25) is 4.79 Å². The zero-order chi connectivity index (χ0) is 19.5. The van der Waals surface area contributed by atoms with Gasteiger partial charge in [0, 0.05) is 5.56 Å². The van der Waals surface area contributed by atoms with E-state index in [1.165, 1.54) is 12.1 Å². The van der Waals surface area contributed by atoms with Crippen LogP contribution in [0.4, 0.5) is 17.6 Å². The Balaban J connectivity index is 2.01. The van der Waals surface area contributed by atoms with Crippen molar-refractivity contribution in [3.63, 3.8) is 0 Å². The summed E-state index contributed by atoms with van der Waals surface area (Å²) >= 11 is 5.74.